The summed E-state index contributed by atoms with van der Waals surface area (Å²) in [5.74, 6) is 1.04. The lowest BCUT2D eigenvalue weighted by molar-refractivity contribution is -0.121. The van der Waals surface area contributed by atoms with Crippen molar-refractivity contribution in [3.63, 3.8) is 0 Å². The van der Waals surface area contributed by atoms with Gasteiger partial charge in [0.1, 0.15) is 5.76 Å². The number of carbonyl (C=O) groups is 1. The van der Waals surface area contributed by atoms with Gasteiger partial charge >= 0.3 is 0 Å². The highest BCUT2D eigenvalue weighted by Crippen LogP contribution is 2.28. The van der Waals surface area contributed by atoms with E-state index in [1.165, 1.54) is 12.8 Å². The van der Waals surface area contributed by atoms with Crippen molar-refractivity contribution < 1.29 is 9.21 Å². The fourth-order valence-electron chi connectivity index (χ4n) is 4.21. The van der Waals surface area contributed by atoms with Crippen molar-refractivity contribution in [3.8, 4) is 0 Å². The first-order valence-corrected chi connectivity index (χ1v) is 10.5. The Bertz CT molecular complexity index is 832. The normalized spacial score (nSPS) is 15.5. The molecular formula is C25H28N2O2. The molecule has 1 fully saturated rings. The van der Waals surface area contributed by atoms with Crippen LogP contribution < -0.4 is 5.32 Å². The summed E-state index contributed by atoms with van der Waals surface area (Å²) in [4.78, 5) is 15.3. The van der Waals surface area contributed by atoms with Gasteiger partial charge in [-0.05, 0) is 49.2 Å². The van der Waals surface area contributed by atoms with Crippen molar-refractivity contribution in [1.29, 1.82) is 0 Å². The molecule has 1 saturated heterocycles. The van der Waals surface area contributed by atoms with Gasteiger partial charge in [0.2, 0.25) is 5.91 Å². The lowest BCUT2D eigenvalue weighted by atomic mass is 9.88. The Labute approximate surface area is 172 Å². The van der Waals surface area contributed by atoms with Gasteiger partial charge in [-0.1, -0.05) is 60.7 Å². The van der Waals surface area contributed by atoms with Gasteiger partial charge in [-0.15, -0.1) is 0 Å². The molecule has 4 nitrogen and oxygen atoms in total. The first-order valence-electron chi connectivity index (χ1n) is 10.5. The summed E-state index contributed by atoms with van der Waals surface area (Å²) in [5.41, 5.74) is 2.33. The van der Waals surface area contributed by atoms with Crippen molar-refractivity contribution in [2.45, 2.75) is 31.2 Å². The van der Waals surface area contributed by atoms with Gasteiger partial charge in [0.25, 0.3) is 0 Å². The van der Waals surface area contributed by atoms with Crippen molar-refractivity contribution >= 4 is 5.91 Å². The maximum absolute atomic E-state index is 12.9. The van der Waals surface area contributed by atoms with E-state index in [4.69, 9.17) is 4.42 Å². The highest BCUT2D eigenvalue weighted by Gasteiger charge is 2.26. The molecule has 1 aliphatic rings. The number of hydrogen-bond donors (Lipinski definition) is 1. The first-order chi connectivity index (χ1) is 14.3. The van der Waals surface area contributed by atoms with Gasteiger partial charge in [0, 0.05) is 18.9 Å². The summed E-state index contributed by atoms with van der Waals surface area (Å²) in [7, 11) is 0. The number of benzene rings is 2. The topological polar surface area (TPSA) is 45.5 Å². The number of furan rings is 1. The minimum absolute atomic E-state index is 0.0475. The second-order valence-corrected chi connectivity index (χ2v) is 7.66. The molecule has 0 saturated carbocycles. The van der Waals surface area contributed by atoms with Gasteiger partial charge in [-0.3, -0.25) is 9.69 Å². The minimum Gasteiger partial charge on any atom is -0.468 e. The van der Waals surface area contributed by atoms with Crippen molar-refractivity contribution in [2.75, 3.05) is 19.6 Å². The van der Waals surface area contributed by atoms with Crippen LogP contribution in [0.2, 0.25) is 0 Å². The number of nitrogens with zero attached hydrogens (tertiary/aromatic N) is 1. The van der Waals surface area contributed by atoms with Crippen molar-refractivity contribution in [1.82, 2.24) is 10.2 Å². The molecule has 29 heavy (non-hydrogen) atoms. The summed E-state index contributed by atoms with van der Waals surface area (Å²) < 4.78 is 5.67. The van der Waals surface area contributed by atoms with E-state index in [0.29, 0.717) is 13.0 Å². The van der Waals surface area contributed by atoms with Gasteiger partial charge in [0.05, 0.1) is 12.3 Å². The van der Waals surface area contributed by atoms with Crippen LogP contribution in [0.15, 0.2) is 83.5 Å². The van der Waals surface area contributed by atoms with Crippen molar-refractivity contribution in [3.05, 3.63) is 95.9 Å². The van der Waals surface area contributed by atoms with E-state index < -0.39 is 0 Å². The van der Waals surface area contributed by atoms with Crippen LogP contribution in [-0.2, 0) is 4.79 Å². The molecule has 4 rings (SSSR count). The van der Waals surface area contributed by atoms with Crippen LogP contribution in [0.3, 0.4) is 0 Å². The molecule has 1 aromatic heterocycles. The molecule has 1 atom stereocenters. The smallest absolute Gasteiger partial charge is 0.221 e. The number of likely N-dealkylation sites (tertiary alicyclic amines) is 1. The molecule has 3 aromatic rings. The number of nitrogens with one attached hydrogen (secondary N) is 1. The monoisotopic (exact) mass is 388 g/mol. The molecule has 1 N–H and O–H groups in total. The number of hydrogen-bond acceptors (Lipinski definition) is 3. The Morgan fingerprint density at radius 2 is 1.52 bits per heavy atom. The highest BCUT2D eigenvalue weighted by atomic mass is 16.3. The Morgan fingerprint density at radius 3 is 2.07 bits per heavy atom. The average molecular weight is 389 g/mol. The zero-order chi connectivity index (χ0) is 19.9. The molecule has 1 amide bonds. The van der Waals surface area contributed by atoms with E-state index in [0.717, 1.165) is 30.0 Å². The van der Waals surface area contributed by atoms with E-state index in [9.17, 15) is 4.79 Å². The molecule has 1 unspecified atom stereocenters. The predicted octanol–water partition coefficient (Wildman–Crippen LogP) is 4.75. The van der Waals surface area contributed by atoms with Crippen LogP contribution >= 0.6 is 0 Å². The van der Waals surface area contributed by atoms with Crippen LogP contribution in [0.5, 0.6) is 0 Å². The fourth-order valence-corrected chi connectivity index (χ4v) is 4.21. The van der Waals surface area contributed by atoms with Gasteiger partial charge in [-0.2, -0.15) is 0 Å². The van der Waals surface area contributed by atoms with Crippen LogP contribution in [0.1, 0.15) is 48.1 Å². The molecule has 0 bridgehead atoms. The number of rotatable bonds is 8. The first kappa shape index (κ1) is 19.5. The zero-order valence-corrected chi connectivity index (χ0v) is 16.7. The van der Waals surface area contributed by atoms with E-state index >= 15 is 0 Å². The minimum atomic E-state index is 0.0475. The number of amides is 1. The van der Waals surface area contributed by atoms with E-state index in [2.05, 4.69) is 34.5 Å². The molecule has 4 heteroatoms. The Hall–Kier alpha value is -2.85. The summed E-state index contributed by atoms with van der Waals surface area (Å²) in [5, 5.41) is 3.18. The quantitative estimate of drug-likeness (QED) is 0.605. The highest BCUT2D eigenvalue weighted by molar-refractivity contribution is 5.77. The molecule has 150 valence electrons. The second-order valence-electron chi connectivity index (χ2n) is 7.66. The van der Waals surface area contributed by atoms with Crippen molar-refractivity contribution in [2.24, 2.45) is 0 Å². The SMILES string of the molecule is O=C(CC(c1ccccc1)c1ccccc1)NCC(c1ccco1)N1CCCC1. The van der Waals surface area contributed by atoms with Gasteiger partial charge in [0.15, 0.2) is 0 Å². The molecular weight excluding hydrogens is 360 g/mol. The lowest BCUT2D eigenvalue weighted by Gasteiger charge is -2.26. The fraction of sp³-hybridized carbons (Fsp3) is 0.320. The summed E-state index contributed by atoms with van der Waals surface area (Å²) in [6.07, 6.45) is 4.55. The Balaban J connectivity index is 1.45. The maximum Gasteiger partial charge on any atom is 0.221 e. The third-order valence-corrected chi connectivity index (χ3v) is 5.74. The summed E-state index contributed by atoms with van der Waals surface area (Å²) in [6.45, 7) is 2.68. The molecule has 1 aliphatic heterocycles. The molecule has 0 radical (unpaired) electrons. The van der Waals surface area contributed by atoms with Crippen LogP contribution in [0, 0.1) is 0 Å². The third kappa shape index (κ3) is 4.96. The molecule has 0 aliphatic carbocycles. The van der Waals surface area contributed by atoms with Gasteiger partial charge in [-0.25, -0.2) is 0 Å². The Morgan fingerprint density at radius 1 is 0.897 bits per heavy atom. The van der Waals surface area contributed by atoms with E-state index in [1.807, 2.05) is 48.5 Å². The lowest BCUT2D eigenvalue weighted by Crippen LogP contribution is -2.37. The zero-order valence-electron chi connectivity index (χ0n) is 16.7. The standard InChI is InChI=1S/C25H28N2O2/c28-25(26-19-23(24-14-9-17-29-24)27-15-7-8-16-27)18-22(20-10-3-1-4-11-20)21-12-5-2-6-13-21/h1-6,9-14,17,22-23H,7-8,15-16,18-19H2,(H,26,28). The molecule has 2 aromatic carbocycles. The van der Waals surface area contributed by atoms with Gasteiger partial charge < -0.3 is 9.73 Å². The summed E-state index contributed by atoms with van der Waals surface area (Å²) in [6, 6.07) is 24.6. The van der Waals surface area contributed by atoms with E-state index in [1.54, 1.807) is 6.26 Å². The molecule has 2 heterocycles. The average Bonchev–Trinajstić information content (AvgIpc) is 3.48. The van der Waals surface area contributed by atoms with E-state index in [-0.39, 0.29) is 17.9 Å². The largest absolute Gasteiger partial charge is 0.468 e. The Kier molecular flexibility index (Phi) is 6.42. The maximum atomic E-state index is 12.9. The predicted molar refractivity (Wildman–Crippen MR) is 115 cm³/mol. The van der Waals surface area contributed by atoms with Crippen LogP contribution in [0.25, 0.3) is 0 Å². The van der Waals surface area contributed by atoms with Crippen LogP contribution in [-0.4, -0.2) is 30.4 Å². The molecule has 0 spiro atoms. The van der Waals surface area contributed by atoms with Crippen LogP contribution in [0.4, 0.5) is 0 Å². The number of carbonyl (C=O) groups excluding carboxylic acids is 1. The summed E-state index contributed by atoms with van der Waals surface area (Å²) >= 11 is 0. The second kappa shape index (κ2) is 9.57. The third-order valence-electron chi connectivity index (χ3n) is 5.74.